The third-order valence-electron chi connectivity index (χ3n) is 9.20. The van der Waals surface area contributed by atoms with Gasteiger partial charge in [-0.2, -0.15) is 12.1 Å². The summed E-state index contributed by atoms with van der Waals surface area (Å²) in [5, 5.41) is 5.55. The van der Waals surface area contributed by atoms with Crippen molar-refractivity contribution in [3.8, 4) is 22.3 Å². The third-order valence-corrected chi connectivity index (χ3v) is 9.20. The summed E-state index contributed by atoms with van der Waals surface area (Å²) in [6.07, 6.45) is 2.35. The molecule has 6 aromatic rings. The molecule has 51 heavy (non-hydrogen) atoms. The molecule has 4 heteroatoms. The first-order valence-electron chi connectivity index (χ1n) is 17.1. The first-order valence-corrected chi connectivity index (χ1v) is 21.3. The van der Waals surface area contributed by atoms with Gasteiger partial charge in [0.05, 0.1) is 0 Å². The van der Waals surface area contributed by atoms with Crippen molar-refractivity contribution in [2.75, 3.05) is 0 Å². The standard InChI is InChI=1S/C23H27.C22H25.2CH3.2ClH.Si.Zr/c1-6-7-17-10-13-20(22-15-16(2)14-21(17)22)18-8-11-19(12-9-18)23(3,4)5;1-15(2)18-13-17-7-6-8-20(21(17)14-18)16-9-11-19(12-10-16)22(3,4)5;;;;;;/h8-15H,6-7H2,1-5H3;6-15H,1-5H3;2*1H3;2*1H;;/q4*-1;;;;. The van der Waals surface area contributed by atoms with E-state index in [0.29, 0.717) is 5.92 Å². The second-order valence-corrected chi connectivity index (χ2v) is 15.3. The minimum atomic E-state index is 0. The quantitative estimate of drug-likeness (QED) is 0.120. The molecule has 0 aromatic heterocycles. The summed E-state index contributed by atoms with van der Waals surface area (Å²) >= 11 is 1.36. The van der Waals surface area contributed by atoms with Crippen molar-refractivity contribution in [2.24, 2.45) is 0 Å². The van der Waals surface area contributed by atoms with Gasteiger partial charge in [-0.1, -0.05) is 154 Å². The summed E-state index contributed by atoms with van der Waals surface area (Å²) < 4.78 is 0. The van der Waals surface area contributed by atoms with Crippen LogP contribution in [0.25, 0.3) is 43.8 Å². The first-order chi connectivity index (χ1) is 22.3. The Morgan fingerprint density at radius 1 is 0.647 bits per heavy atom. The molecular weight excluding hydrogens is 755 g/mol. The number of aryl methyl sites for hydroxylation is 2. The van der Waals surface area contributed by atoms with Crippen molar-refractivity contribution >= 4 is 53.2 Å². The molecule has 0 saturated heterocycles. The Morgan fingerprint density at radius 2 is 1.14 bits per heavy atom. The number of rotatable bonds is 5. The summed E-state index contributed by atoms with van der Waals surface area (Å²) in [5.41, 5.74) is 12.8. The third kappa shape index (κ3) is 11.9. The monoisotopic (exact) mass is 812 g/mol. The maximum absolute atomic E-state index is 3.06. The van der Waals surface area contributed by atoms with Crippen LogP contribution >= 0.6 is 24.8 Å². The average Bonchev–Trinajstić information content (AvgIpc) is 3.66. The SMILES string of the molecule is CC(C)c1cc2c(-c3ccc(C(C)(C)C)cc3)cccc2[cH-]1.CCCc1ccc(-c2ccc(C(C)(C)C)cc2)c2cc(C)[cH-]c12.Cl.Cl.[CH3-].[CH3-].[Si]=[Zr]. The Bertz CT molecular complexity index is 1910. The molecule has 0 atom stereocenters. The molecule has 0 nitrogen and oxygen atoms in total. The van der Waals surface area contributed by atoms with Gasteiger partial charge in [-0.25, -0.2) is 0 Å². The topological polar surface area (TPSA) is 0 Å². The number of halogens is 2. The molecule has 0 amide bonds. The van der Waals surface area contributed by atoms with Crippen LogP contribution in [0.4, 0.5) is 0 Å². The zero-order valence-corrected chi connectivity index (χ0v) is 38.2. The fraction of sp³-hybridized carbons (Fsp3) is 0.319. The molecule has 274 valence electrons. The fourth-order valence-electron chi connectivity index (χ4n) is 6.39. The Balaban J connectivity index is 0.000000870. The number of hydrogen-bond acceptors (Lipinski definition) is 0. The van der Waals surface area contributed by atoms with Crippen LogP contribution in [0.5, 0.6) is 0 Å². The summed E-state index contributed by atoms with van der Waals surface area (Å²) in [6.45, 7) is 25.6. The Hall–Kier alpha value is -2.22. The van der Waals surface area contributed by atoms with E-state index in [0.717, 1.165) is 6.42 Å². The molecule has 0 fully saturated rings. The van der Waals surface area contributed by atoms with Crippen LogP contribution < -0.4 is 0 Å². The predicted octanol–water partition coefficient (Wildman–Crippen LogP) is 14.8. The second kappa shape index (κ2) is 20.9. The molecule has 6 rings (SSSR count). The molecular formula is C47H60Cl2SiZr-4. The van der Waals surface area contributed by atoms with Crippen LogP contribution in [0.3, 0.4) is 0 Å². The molecule has 0 unspecified atom stereocenters. The minimum absolute atomic E-state index is 0. The maximum atomic E-state index is 3.06. The molecule has 0 heterocycles. The van der Waals surface area contributed by atoms with Crippen LogP contribution in [-0.4, -0.2) is 6.88 Å². The van der Waals surface area contributed by atoms with Gasteiger partial charge in [-0.05, 0) is 39.0 Å². The van der Waals surface area contributed by atoms with E-state index >= 15 is 0 Å². The van der Waals surface area contributed by atoms with E-state index in [4.69, 9.17) is 0 Å². The average molecular weight is 815 g/mol. The van der Waals surface area contributed by atoms with Crippen LogP contribution in [-0.2, 0) is 40.6 Å². The molecule has 0 N–H and O–H groups in total. The van der Waals surface area contributed by atoms with Crippen molar-refractivity contribution in [1.29, 1.82) is 0 Å². The summed E-state index contributed by atoms with van der Waals surface area (Å²) in [5.74, 6) is 0.573. The van der Waals surface area contributed by atoms with Crippen LogP contribution in [0.2, 0.25) is 0 Å². The molecule has 2 radical (unpaired) electrons. The van der Waals surface area contributed by atoms with Gasteiger partial charge in [0.25, 0.3) is 0 Å². The summed E-state index contributed by atoms with van der Waals surface area (Å²) in [6, 6.07) is 38.7. The zero-order chi connectivity index (χ0) is 34.5. The van der Waals surface area contributed by atoms with Gasteiger partial charge in [0, 0.05) is 0 Å². The van der Waals surface area contributed by atoms with Crippen LogP contribution in [0, 0.1) is 21.8 Å². The predicted molar refractivity (Wildman–Crippen MR) is 233 cm³/mol. The van der Waals surface area contributed by atoms with Crippen molar-refractivity contribution in [3.63, 3.8) is 0 Å². The Kier molecular flexibility index (Phi) is 20.0. The van der Waals surface area contributed by atoms with Gasteiger partial charge in [0.1, 0.15) is 0 Å². The Labute approximate surface area is 341 Å². The summed E-state index contributed by atoms with van der Waals surface area (Å²) in [4.78, 5) is 0. The van der Waals surface area contributed by atoms with E-state index in [1.807, 2.05) is 0 Å². The van der Waals surface area contributed by atoms with Gasteiger partial charge in [0.2, 0.25) is 0 Å². The van der Waals surface area contributed by atoms with E-state index in [1.165, 1.54) is 101 Å². The molecule has 0 bridgehead atoms. The number of fused-ring (bicyclic) bond motifs is 2. The van der Waals surface area contributed by atoms with Crippen molar-refractivity contribution in [1.82, 2.24) is 0 Å². The first kappa shape index (κ1) is 48.8. The zero-order valence-electron chi connectivity index (χ0n) is 33.1. The van der Waals surface area contributed by atoms with Gasteiger partial charge in [-0.15, -0.1) is 93.4 Å². The van der Waals surface area contributed by atoms with Crippen molar-refractivity contribution in [3.05, 3.63) is 146 Å². The summed E-state index contributed by atoms with van der Waals surface area (Å²) in [7, 11) is 0. The molecule has 0 aliphatic heterocycles. The molecule has 0 aliphatic rings. The van der Waals surface area contributed by atoms with E-state index in [-0.39, 0.29) is 50.5 Å². The van der Waals surface area contributed by atoms with E-state index in [9.17, 15) is 0 Å². The van der Waals surface area contributed by atoms with Gasteiger partial charge < -0.3 is 14.9 Å². The molecule has 0 spiro atoms. The van der Waals surface area contributed by atoms with E-state index in [2.05, 4.69) is 179 Å². The van der Waals surface area contributed by atoms with E-state index in [1.54, 1.807) is 0 Å². The van der Waals surface area contributed by atoms with Gasteiger partial charge in [-0.3, -0.25) is 0 Å². The fourth-order valence-corrected chi connectivity index (χ4v) is 6.39. The Morgan fingerprint density at radius 3 is 1.59 bits per heavy atom. The van der Waals surface area contributed by atoms with E-state index < -0.39 is 0 Å². The molecule has 0 saturated carbocycles. The van der Waals surface area contributed by atoms with Crippen molar-refractivity contribution in [2.45, 2.75) is 98.8 Å². The van der Waals surface area contributed by atoms with Gasteiger partial charge in [0.15, 0.2) is 0 Å². The molecule has 0 aliphatic carbocycles. The normalized spacial score (nSPS) is 10.8. The second-order valence-electron chi connectivity index (χ2n) is 15.3. The van der Waals surface area contributed by atoms with Crippen molar-refractivity contribution < 1.29 is 23.3 Å². The number of benzene rings is 4. The number of hydrogen-bond donors (Lipinski definition) is 0. The van der Waals surface area contributed by atoms with Crippen LogP contribution in [0.1, 0.15) is 102 Å². The van der Waals surface area contributed by atoms with Crippen LogP contribution in [0.15, 0.2) is 103 Å². The molecule has 6 aromatic carbocycles. The van der Waals surface area contributed by atoms with Gasteiger partial charge >= 0.3 is 30.2 Å².